The van der Waals surface area contributed by atoms with E-state index in [-0.39, 0.29) is 16.6 Å². The fourth-order valence-electron chi connectivity index (χ4n) is 2.62. The smallest absolute Gasteiger partial charge is 0.287 e. The summed E-state index contributed by atoms with van der Waals surface area (Å²) in [5, 5.41) is 7.77. The zero-order valence-corrected chi connectivity index (χ0v) is 13.7. The number of rotatable bonds is 5. The van der Waals surface area contributed by atoms with Gasteiger partial charge in [0.2, 0.25) is 0 Å². The molecule has 1 aromatic rings. The van der Waals surface area contributed by atoms with Crippen LogP contribution in [0.15, 0.2) is 11.0 Å². The van der Waals surface area contributed by atoms with Gasteiger partial charge in [-0.2, -0.15) is 5.10 Å². The Morgan fingerprint density at radius 1 is 1.43 bits per heavy atom. The number of nitrogens with zero attached hydrogens (tertiary/aromatic N) is 2. The van der Waals surface area contributed by atoms with Crippen molar-refractivity contribution in [2.75, 3.05) is 18.5 Å². The van der Waals surface area contributed by atoms with Crippen LogP contribution in [0.5, 0.6) is 0 Å². The van der Waals surface area contributed by atoms with Crippen molar-refractivity contribution < 1.29 is 4.74 Å². The molecule has 1 saturated heterocycles. The molecule has 1 aliphatic heterocycles. The third-order valence-electron chi connectivity index (χ3n) is 3.88. The van der Waals surface area contributed by atoms with Crippen molar-refractivity contribution in [2.45, 2.75) is 46.2 Å². The third kappa shape index (κ3) is 4.20. The van der Waals surface area contributed by atoms with Gasteiger partial charge in [-0.1, -0.05) is 25.4 Å². The van der Waals surface area contributed by atoms with E-state index in [1.165, 1.54) is 4.68 Å². The molecule has 118 valence electrons. The zero-order chi connectivity index (χ0) is 15.4. The topological polar surface area (TPSA) is 56.1 Å². The lowest BCUT2D eigenvalue weighted by molar-refractivity contribution is 0.0622. The molecule has 0 aliphatic carbocycles. The van der Waals surface area contributed by atoms with Gasteiger partial charge in [-0.15, -0.1) is 0 Å². The summed E-state index contributed by atoms with van der Waals surface area (Å²) < 4.78 is 6.80. The van der Waals surface area contributed by atoms with E-state index in [0.717, 1.165) is 26.1 Å². The minimum absolute atomic E-state index is 0.226. The molecule has 0 radical (unpaired) electrons. The van der Waals surface area contributed by atoms with Gasteiger partial charge in [-0.05, 0) is 31.6 Å². The van der Waals surface area contributed by atoms with Gasteiger partial charge in [0.05, 0.1) is 11.9 Å². The number of ether oxygens (including phenoxy) is 1. The Bertz CT molecular complexity index is 524. The van der Waals surface area contributed by atoms with Crippen LogP contribution < -0.4 is 10.9 Å². The highest BCUT2D eigenvalue weighted by atomic mass is 35.5. The van der Waals surface area contributed by atoms with E-state index in [0.29, 0.717) is 24.1 Å². The van der Waals surface area contributed by atoms with Crippen molar-refractivity contribution in [3.05, 3.63) is 21.6 Å². The van der Waals surface area contributed by atoms with Gasteiger partial charge in [0.25, 0.3) is 5.56 Å². The molecule has 2 rings (SSSR count). The molecule has 0 bridgehead atoms. The third-order valence-corrected chi connectivity index (χ3v) is 4.24. The standard InChI is InChI=1S/C15H24ClN3O2/c1-10(2)9-19-15(20)14(16)13(8-17-19)18-11(3)12-4-6-21-7-5-12/h8,10-12,18H,4-7,9H2,1-3H3. The second-order valence-electron chi connectivity index (χ2n) is 6.14. The number of halogens is 1. The first-order valence-electron chi connectivity index (χ1n) is 7.59. The molecule has 21 heavy (non-hydrogen) atoms. The van der Waals surface area contributed by atoms with Crippen LogP contribution in [-0.2, 0) is 11.3 Å². The van der Waals surface area contributed by atoms with Crippen molar-refractivity contribution in [2.24, 2.45) is 11.8 Å². The molecule has 0 aromatic carbocycles. The molecule has 1 fully saturated rings. The van der Waals surface area contributed by atoms with Crippen LogP contribution in [0.4, 0.5) is 5.69 Å². The van der Waals surface area contributed by atoms with E-state index in [2.05, 4.69) is 17.3 Å². The molecule has 1 aromatic heterocycles. The molecular weight excluding hydrogens is 290 g/mol. The summed E-state index contributed by atoms with van der Waals surface area (Å²) in [4.78, 5) is 12.2. The van der Waals surface area contributed by atoms with Gasteiger partial charge >= 0.3 is 0 Å². The lowest BCUT2D eigenvalue weighted by Gasteiger charge is -2.29. The Morgan fingerprint density at radius 3 is 2.71 bits per heavy atom. The van der Waals surface area contributed by atoms with Gasteiger partial charge < -0.3 is 10.1 Å². The van der Waals surface area contributed by atoms with Crippen molar-refractivity contribution in [1.29, 1.82) is 0 Å². The van der Waals surface area contributed by atoms with Crippen LogP contribution in [0.25, 0.3) is 0 Å². The molecule has 1 atom stereocenters. The van der Waals surface area contributed by atoms with Gasteiger partial charge in [-0.25, -0.2) is 4.68 Å². The minimum Gasteiger partial charge on any atom is -0.381 e. The maximum atomic E-state index is 12.2. The fourth-order valence-corrected chi connectivity index (χ4v) is 2.82. The second-order valence-corrected chi connectivity index (χ2v) is 6.51. The number of hydrogen-bond donors (Lipinski definition) is 1. The van der Waals surface area contributed by atoms with E-state index < -0.39 is 0 Å². The Morgan fingerprint density at radius 2 is 2.10 bits per heavy atom. The first-order chi connectivity index (χ1) is 9.99. The zero-order valence-electron chi connectivity index (χ0n) is 12.9. The monoisotopic (exact) mass is 313 g/mol. The van der Waals surface area contributed by atoms with Crippen molar-refractivity contribution in [3.63, 3.8) is 0 Å². The van der Waals surface area contributed by atoms with Crippen LogP contribution in [0.3, 0.4) is 0 Å². The fraction of sp³-hybridized carbons (Fsp3) is 0.733. The van der Waals surface area contributed by atoms with Crippen LogP contribution in [0.1, 0.15) is 33.6 Å². The Hall–Kier alpha value is -1.07. The van der Waals surface area contributed by atoms with E-state index in [4.69, 9.17) is 16.3 Å². The number of aromatic nitrogens is 2. The summed E-state index contributed by atoms with van der Waals surface area (Å²) in [6.45, 7) is 8.39. The van der Waals surface area contributed by atoms with E-state index >= 15 is 0 Å². The highest BCUT2D eigenvalue weighted by Gasteiger charge is 2.21. The summed E-state index contributed by atoms with van der Waals surface area (Å²) >= 11 is 6.20. The summed E-state index contributed by atoms with van der Waals surface area (Å²) in [6.07, 6.45) is 3.72. The van der Waals surface area contributed by atoms with Gasteiger partial charge in [0.1, 0.15) is 5.02 Å². The summed E-state index contributed by atoms with van der Waals surface area (Å²) in [5.41, 5.74) is 0.398. The summed E-state index contributed by atoms with van der Waals surface area (Å²) in [6, 6.07) is 0.244. The maximum Gasteiger partial charge on any atom is 0.287 e. The minimum atomic E-state index is -0.227. The van der Waals surface area contributed by atoms with E-state index in [9.17, 15) is 4.79 Å². The predicted octanol–water partition coefficient (Wildman–Crippen LogP) is 2.78. The normalized spacial score (nSPS) is 18.0. The molecule has 2 heterocycles. The Labute approximate surface area is 130 Å². The van der Waals surface area contributed by atoms with Crippen LogP contribution >= 0.6 is 11.6 Å². The lowest BCUT2D eigenvalue weighted by Crippen LogP contribution is -2.32. The Balaban J connectivity index is 2.09. The average Bonchev–Trinajstić information content (AvgIpc) is 2.47. The van der Waals surface area contributed by atoms with Crippen LogP contribution in [0, 0.1) is 11.8 Å². The number of nitrogens with one attached hydrogen (secondary N) is 1. The first-order valence-corrected chi connectivity index (χ1v) is 7.96. The SMILES string of the molecule is CC(C)Cn1ncc(NC(C)C2CCOCC2)c(Cl)c1=O. The summed E-state index contributed by atoms with van der Waals surface area (Å²) in [7, 11) is 0. The Kier molecular flexibility index (Phi) is 5.65. The molecule has 1 aliphatic rings. The van der Waals surface area contributed by atoms with Gasteiger partial charge in [0, 0.05) is 25.8 Å². The highest BCUT2D eigenvalue weighted by molar-refractivity contribution is 6.32. The van der Waals surface area contributed by atoms with Crippen molar-refractivity contribution >= 4 is 17.3 Å². The highest BCUT2D eigenvalue weighted by Crippen LogP contribution is 2.24. The molecule has 1 unspecified atom stereocenters. The van der Waals surface area contributed by atoms with Crippen LogP contribution in [-0.4, -0.2) is 29.0 Å². The van der Waals surface area contributed by atoms with E-state index in [1.807, 2.05) is 13.8 Å². The maximum absolute atomic E-state index is 12.2. The molecule has 0 amide bonds. The molecule has 5 nitrogen and oxygen atoms in total. The molecule has 6 heteroatoms. The quantitative estimate of drug-likeness (QED) is 0.908. The molecular formula is C15H24ClN3O2. The van der Waals surface area contributed by atoms with Crippen molar-refractivity contribution in [1.82, 2.24) is 9.78 Å². The molecule has 1 N–H and O–H groups in total. The van der Waals surface area contributed by atoms with Crippen LogP contribution in [0.2, 0.25) is 5.02 Å². The average molecular weight is 314 g/mol. The first kappa shape index (κ1) is 16.3. The van der Waals surface area contributed by atoms with Gasteiger partial charge in [0.15, 0.2) is 0 Å². The van der Waals surface area contributed by atoms with E-state index in [1.54, 1.807) is 6.20 Å². The van der Waals surface area contributed by atoms with Crippen molar-refractivity contribution in [3.8, 4) is 0 Å². The number of hydrogen-bond acceptors (Lipinski definition) is 4. The largest absolute Gasteiger partial charge is 0.381 e. The summed E-state index contributed by atoms with van der Waals surface area (Å²) in [5.74, 6) is 0.888. The lowest BCUT2D eigenvalue weighted by atomic mass is 9.93. The van der Waals surface area contributed by atoms with Gasteiger partial charge in [-0.3, -0.25) is 4.79 Å². The predicted molar refractivity (Wildman–Crippen MR) is 85.0 cm³/mol. The molecule has 0 spiro atoms. The number of anilines is 1. The molecule has 0 saturated carbocycles. The second kappa shape index (κ2) is 7.27.